The molecule has 6 heterocycles. The molecule has 2 aromatic carbocycles. The molecule has 5 amide bonds. The van der Waals surface area contributed by atoms with Crippen LogP contribution in [0, 0.1) is 0 Å². The second kappa shape index (κ2) is 24.3. The van der Waals surface area contributed by atoms with Crippen molar-refractivity contribution in [2.24, 2.45) is 0 Å². The molecule has 5 N–H and O–H groups in total. The Morgan fingerprint density at radius 2 is 1.54 bits per heavy atom. The highest BCUT2D eigenvalue weighted by Crippen LogP contribution is 2.32. The number of carbonyl (C=O) groups excluding carboxylic acids is 5. The van der Waals surface area contributed by atoms with Gasteiger partial charge in [0.2, 0.25) is 21.8 Å². The molecule has 1 atom stereocenters. The first-order chi connectivity index (χ1) is 35.0. The number of fused-ring (bicyclic) bond motifs is 1. The molecule has 380 valence electrons. The van der Waals surface area contributed by atoms with Crippen molar-refractivity contribution in [1.29, 1.82) is 0 Å². The van der Waals surface area contributed by atoms with Gasteiger partial charge in [0.1, 0.15) is 6.04 Å². The van der Waals surface area contributed by atoms with Crippen LogP contribution in [0.1, 0.15) is 49.7 Å². The first kappa shape index (κ1) is 51.2. The van der Waals surface area contributed by atoms with Crippen LogP contribution < -0.4 is 21.7 Å². The van der Waals surface area contributed by atoms with Crippen LogP contribution in [0.4, 0.5) is 17.2 Å². The molecule has 25 heteroatoms. The second-order valence-electron chi connectivity index (χ2n) is 16.7. The molecule has 2 saturated heterocycles. The van der Waals surface area contributed by atoms with Gasteiger partial charge in [-0.3, -0.25) is 39.2 Å². The Morgan fingerprint density at radius 1 is 0.819 bits per heavy atom. The van der Waals surface area contributed by atoms with Gasteiger partial charge in [-0.15, -0.1) is 5.10 Å². The number of pyridine rings is 1. The van der Waals surface area contributed by atoms with E-state index in [1.165, 1.54) is 28.8 Å². The number of piperidine rings is 1. The topological polar surface area (TPSA) is 298 Å². The molecule has 0 saturated carbocycles. The monoisotopic (exact) mass is 1010 g/mol. The van der Waals surface area contributed by atoms with Crippen LogP contribution in [0.5, 0.6) is 0 Å². The number of anilines is 3. The molecule has 0 bridgehead atoms. The number of nitrogen functional groups attached to an aromatic ring is 1. The van der Waals surface area contributed by atoms with Gasteiger partial charge >= 0.3 is 0 Å². The Kier molecular flexibility index (Phi) is 17.3. The minimum atomic E-state index is -3.75. The number of nitrogens with two attached hydrogens (primary N) is 1. The maximum absolute atomic E-state index is 13.6. The van der Waals surface area contributed by atoms with Gasteiger partial charge in [0.25, 0.3) is 17.7 Å². The summed E-state index contributed by atoms with van der Waals surface area (Å²) in [6, 6.07) is 13.5. The summed E-state index contributed by atoms with van der Waals surface area (Å²) in [5.41, 5.74) is 8.99. The Balaban J connectivity index is 0.638. The molecular weight excluding hydrogens is 955 g/mol. The number of imide groups is 2. The zero-order valence-electron chi connectivity index (χ0n) is 39.3. The average molecular weight is 1010 g/mol. The SMILES string of the molecule is Nc1ncc(-c2ccc(S(=O)(=O)N3CCN(CCc4cn(CCOCCOCCOCCOCCNc5cccc6c5C(=O)N(C5CCC(=O)NC5=O)C6=O)nn4)CC3)cc2)nc1C(=O)Nc1cccnc1. The van der Waals surface area contributed by atoms with Crippen molar-refractivity contribution in [1.82, 2.24) is 49.4 Å². The quantitative estimate of drug-likeness (QED) is 0.0470. The molecule has 0 radical (unpaired) electrons. The second-order valence-corrected chi connectivity index (χ2v) is 18.7. The van der Waals surface area contributed by atoms with Crippen molar-refractivity contribution < 1.29 is 51.3 Å². The minimum Gasteiger partial charge on any atom is -0.382 e. The number of benzene rings is 2. The summed E-state index contributed by atoms with van der Waals surface area (Å²) in [6.07, 6.45) is 7.20. The molecule has 2 fully saturated rings. The molecule has 5 aromatic rings. The van der Waals surface area contributed by atoms with E-state index in [-0.39, 0.29) is 40.4 Å². The molecule has 72 heavy (non-hydrogen) atoms. The maximum atomic E-state index is 13.6. The summed E-state index contributed by atoms with van der Waals surface area (Å²) in [4.78, 5) is 78.8. The van der Waals surface area contributed by atoms with E-state index in [9.17, 15) is 32.4 Å². The maximum Gasteiger partial charge on any atom is 0.278 e. The summed E-state index contributed by atoms with van der Waals surface area (Å²) >= 11 is 0. The molecular formula is C47H55N13O11S. The fourth-order valence-electron chi connectivity index (χ4n) is 8.15. The van der Waals surface area contributed by atoms with Crippen molar-refractivity contribution in [2.75, 3.05) is 108 Å². The van der Waals surface area contributed by atoms with Gasteiger partial charge < -0.3 is 40.2 Å². The number of sulfonamides is 1. The largest absolute Gasteiger partial charge is 0.382 e. The number of hydrogen-bond acceptors (Lipinski definition) is 19. The van der Waals surface area contributed by atoms with E-state index < -0.39 is 45.6 Å². The molecule has 3 aliphatic heterocycles. The zero-order valence-corrected chi connectivity index (χ0v) is 40.1. The van der Waals surface area contributed by atoms with E-state index in [2.05, 4.69) is 46.1 Å². The number of nitrogens with zero attached hydrogens (tertiary/aromatic N) is 9. The van der Waals surface area contributed by atoms with Crippen LogP contribution in [0.25, 0.3) is 11.3 Å². The van der Waals surface area contributed by atoms with Gasteiger partial charge in [0.15, 0.2) is 11.5 Å². The normalized spacial score (nSPS) is 16.5. The van der Waals surface area contributed by atoms with Crippen molar-refractivity contribution in [3.63, 3.8) is 0 Å². The third-order valence-corrected chi connectivity index (χ3v) is 13.8. The average Bonchev–Trinajstić information content (AvgIpc) is 3.95. The minimum absolute atomic E-state index is 0.0423. The highest BCUT2D eigenvalue weighted by Gasteiger charge is 2.45. The fourth-order valence-corrected chi connectivity index (χ4v) is 9.57. The Labute approximate surface area is 414 Å². The summed E-state index contributed by atoms with van der Waals surface area (Å²) in [5, 5.41) is 16.5. The van der Waals surface area contributed by atoms with Crippen molar-refractivity contribution >= 4 is 56.8 Å². The Bertz CT molecular complexity index is 2830. The lowest BCUT2D eigenvalue weighted by atomic mass is 10.0. The summed E-state index contributed by atoms with van der Waals surface area (Å²) < 4.78 is 52.8. The predicted octanol–water partition coefficient (Wildman–Crippen LogP) is 1.09. The number of hydrogen-bond donors (Lipinski definition) is 4. The van der Waals surface area contributed by atoms with Gasteiger partial charge in [-0.25, -0.2) is 23.1 Å². The fraction of sp³-hybridized carbons (Fsp3) is 0.404. The van der Waals surface area contributed by atoms with E-state index in [4.69, 9.17) is 24.7 Å². The Hall–Kier alpha value is -7.13. The van der Waals surface area contributed by atoms with Crippen molar-refractivity contribution in [3.05, 3.63) is 102 Å². The molecule has 3 aliphatic rings. The van der Waals surface area contributed by atoms with Gasteiger partial charge in [0, 0.05) is 75.8 Å². The standard InChI is InChI=1S/C47H55N13O11S/c48-43-42(45(63)52-33-3-2-13-49-29-33)53-38(30-51-43)32-6-8-35(9-7-32)72(66,67)59-18-16-57(17-19-59)15-12-34-31-58(56-55-34)20-22-69-24-26-71-28-27-70-25-23-68-21-14-50-37-5-1-4-36-41(37)47(65)60(46(36)64)39-10-11-40(61)54-44(39)62/h1-9,13,29-31,39,50H,10-12,14-28H2,(H2,48,51)(H,52,63)(H,54,61,62). The van der Waals surface area contributed by atoms with E-state index >= 15 is 0 Å². The number of carbonyl (C=O) groups is 5. The molecule has 24 nitrogen and oxygen atoms in total. The van der Waals surface area contributed by atoms with Crippen LogP contribution in [-0.4, -0.2) is 180 Å². The van der Waals surface area contributed by atoms with Crippen LogP contribution in [0.3, 0.4) is 0 Å². The molecule has 1 unspecified atom stereocenters. The number of ether oxygens (including phenoxy) is 4. The Morgan fingerprint density at radius 3 is 2.25 bits per heavy atom. The van der Waals surface area contributed by atoms with E-state index in [1.807, 2.05) is 6.20 Å². The predicted molar refractivity (Wildman–Crippen MR) is 258 cm³/mol. The number of nitrogens with one attached hydrogen (secondary N) is 3. The van der Waals surface area contributed by atoms with Crippen LogP contribution >= 0.6 is 0 Å². The van der Waals surface area contributed by atoms with E-state index in [0.717, 1.165) is 10.6 Å². The lowest BCUT2D eigenvalue weighted by molar-refractivity contribution is -0.136. The summed E-state index contributed by atoms with van der Waals surface area (Å²) in [6.45, 7) is 6.43. The van der Waals surface area contributed by atoms with E-state index in [0.29, 0.717) is 128 Å². The molecule has 8 rings (SSSR count). The van der Waals surface area contributed by atoms with Gasteiger partial charge in [-0.05, 0) is 42.8 Å². The summed E-state index contributed by atoms with van der Waals surface area (Å²) in [7, 11) is -3.75. The summed E-state index contributed by atoms with van der Waals surface area (Å²) in [5.74, 6) is -2.81. The lowest BCUT2D eigenvalue weighted by Gasteiger charge is -2.33. The van der Waals surface area contributed by atoms with Crippen LogP contribution in [0.2, 0.25) is 0 Å². The first-order valence-electron chi connectivity index (χ1n) is 23.4. The van der Waals surface area contributed by atoms with Gasteiger partial charge in [0.05, 0.1) is 105 Å². The lowest BCUT2D eigenvalue weighted by Crippen LogP contribution is -2.54. The molecule has 0 aliphatic carbocycles. The number of amides is 5. The molecule has 3 aromatic heterocycles. The third-order valence-electron chi connectivity index (χ3n) is 11.9. The number of aromatic nitrogens is 6. The van der Waals surface area contributed by atoms with Crippen LogP contribution in [0.15, 0.2) is 84.3 Å². The number of rotatable bonds is 25. The first-order valence-corrected chi connectivity index (χ1v) is 24.9. The van der Waals surface area contributed by atoms with Crippen LogP contribution in [-0.2, 0) is 51.5 Å². The van der Waals surface area contributed by atoms with Crippen molar-refractivity contribution in [2.45, 2.75) is 36.7 Å². The molecule has 0 spiro atoms. The van der Waals surface area contributed by atoms with Gasteiger partial charge in [-0.1, -0.05) is 23.4 Å². The van der Waals surface area contributed by atoms with E-state index in [1.54, 1.807) is 53.3 Å². The smallest absolute Gasteiger partial charge is 0.278 e. The highest BCUT2D eigenvalue weighted by molar-refractivity contribution is 7.89. The highest BCUT2D eigenvalue weighted by atomic mass is 32.2. The third kappa shape index (κ3) is 12.8. The van der Waals surface area contributed by atoms with Crippen molar-refractivity contribution in [3.8, 4) is 11.3 Å². The zero-order chi connectivity index (χ0) is 50.5. The van der Waals surface area contributed by atoms with Gasteiger partial charge in [-0.2, -0.15) is 4.31 Å². The number of piperazine rings is 1.